The van der Waals surface area contributed by atoms with Crippen molar-refractivity contribution < 1.29 is 24.6 Å². The van der Waals surface area contributed by atoms with Crippen molar-refractivity contribution in [3.63, 3.8) is 0 Å². The lowest BCUT2D eigenvalue weighted by Crippen LogP contribution is -2.23. The first kappa shape index (κ1) is 51.9. The number of halogens is 1. The summed E-state index contributed by atoms with van der Waals surface area (Å²) in [5.74, 6) is 3.49. The van der Waals surface area contributed by atoms with Crippen molar-refractivity contribution in [3.8, 4) is 46.8 Å². The predicted octanol–water partition coefficient (Wildman–Crippen LogP) is 1.25. The normalized spacial score (nSPS) is 12.5. The topological polar surface area (TPSA) is 414 Å². The monoisotopic (exact) mass is 1330 g/mol. The molecule has 0 saturated heterocycles. The Bertz CT molecular complexity index is 4420. The minimum absolute atomic E-state index is 0.171. The third-order valence-corrected chi connectivity index (χ3v) is 16.3. The number of H-pyrrole nitrogens is 4. The minimum atomic E-state index is -0.381. The molecule has 1 aliphatic rings. The molecule has 83 heavy (non-hydrogen) atoms. The van der Waals surface area contributed by atoms with Crippen LogP contribution in [0, 0.1) is 9.81 Å². The van der Waals surface area contributed by atoms with E-state index in [1.54, 1.807) is 24.3 Å². The molecule has 41 heteroatoms. The summed E-state index contributed by atoms with van der Waals surface area (Å²) in [5, 5.41) is 48.9. The molecule has 13 rings (SSSR count). The van der Waals surface area contributed by atoms with Gasteiger partial charge in [0.1, 0.15) is 26.4 Å². The fourth-order valence-corrected chi connectivity index (χ4v) is 10.8. The summed E-state index contributed by atoms with van der Waals surface area (Å²) < 4.78 is 78.5. The van der Waals surface area contributed by atoms with Crippen LogP contribution in [0.4, 0.5) is 0 Å². The number of nitrogens with one attached hydrogen (secondary N) is 4. The second-order valence-electron chi connectivity index (χ2n) is 17.0. The summed E-state index contributed by atoms with van der Waals surface area (Å²) in [7, 11) is 6.09. The van der Waals surface area contributed by atoms with Gasteiger partial charge in [-0.3, -0.25) is 20.4 Å². The van der Waals surface area contributed by atoms with E-state index in [2.05, 4.69) is 102 Å². The van der Waals surface area contributed by atoms with E-state index in [0.717, 1.165) is 112 Å². The Kier molecular flexibility index (Phi) is 16.1. The Hall–Kier alpha value is -9.23. The molecule has 0 radical (unpaired) electrons. The van der Waals surface area contributed by atoms with Gasteiger partial charge in [0.2, 0.25) is 23.5 Å². The number of rotatable bonds is 18. The average molecular weight is 1330 g/mol. The SMILES string of the molecule is [3H]n1ccc(OCc2c(-n3nnn(C)c3=O)nsc2C)n1.[3H]n1ccc(OCc2c(-n3nnn(C)c3=O)nsc2C2CC2)n1.[3H]n1ccc(OCc2c(-n3nnn(C)c3=O)nsc2CC)n1.[3H]n1ccc(OCc2c(-n3nnn(C)c3=O)nsc2I)n1. The van der Waals surface area contributed by atoms with Crippen LogP contribution in [-0.2, 0) is 61.0 Å². The standard InChI is InChI=1S/C12H13N7O2S.C11H13N7O2S.C10H11N7O2S.C9H8IN7O2S/c1-18-12(20)19(17-16-18)11-8(6-21-9-4-5-13-14-9)10(22-15-11)7-2-3-7;1-3-8-7(6-20-9-4-5-12-13-9)10(14-21-8)18-11(19)17(2)15-16-18;1-6-7(5-19-8-3-4-11-12-8)9(13-20-6)17-10(18)16(2)14-15-17;1-16-9(18)17(15-14-16)8-5(7(10)20-13-8)4-19-6-2-3-11-12-6/h4-5,7H,2-3,6H2,1H3,(H,13,14);4-5H,3,6H2,1-2H3,(H,12,13);3-4H,5H2,1-2H3,(H,11,12);2-3H,4H2,1H3,(H,11,12)/i/hT4. The molecular formula is C42H45IN28O8S4. The molecule has 0 aliphatic heterocycles. The van der Waals surface area contributed by atoms with E-state index in [1.165, 1.54) is 104 Å². The molecule has 0 amide bonds. The number of aromatic amines is 4. The zero-order chi connectivity index (χ0) is 61.6. The Morgan fingerprint density at radius 1 is 0.506 bits per heavy atom. The van der Waals surface area contributed by atoms with Crippen LogP contribution in [-0.4, -0.2) is 137 Å². The Morgan fingerprint density at radius 2 is 0.855 bits per heavy atom. The molecular weight excluding hydrogens is 1280 g/mol. The van der Waals surface area contributed by atoms with E-state index in [0.29, 0.717) is 52.7 Å². The number of ether oxygens (including phenoxy) is 4. The number of nitrogens with zero attached hydrogens (tertiary/aromatic N) is 24. The first-order valence-electron chi connectivity index (χ1n) is 25.9. The highest BCUT2D eigenvalue weighted by Gasteiger charge is 2.32. The van der Waals surface area contributed by atoms with Crippen LogP contribution in [0.3, 0.4) is 0 Å². The van der Waals surface area contributed by atoms with Crippen molar-refractivity contribution in [1.29, 1.82) is 0 Å². The molecule has 0 unspecified atom stereocenters. The van der Waals surface area contributed by atoms with Crippen molar-refractivity contribution in [3.05, 3.63) is 131 Å². The van der Waals surface area contributed by atoms with Crippen molar-refractivity contribution in [2.24, 2.45) is 28.2 Å². The van der Waals surface area contributed by atoms with Crippen LogP contribution in [0.2, 0.25) is 5.65 Å². The van der Waals surface area contributed by atoms with Gasteiger partial charge in [-0.1, -0.05) is 6.92 Å². The minimum Gasteiger partial charge on any atom is -0.472 e. The smallest absolute Gasteiger partial charge is 0.369 e. The van der Waals surface area contributed by atoms with Gasteiger partial charge in [-0.05, 0) is 143 Å². The molecule has 1 fully saturated rings. The van der Waals surface area contributed by atoms with Gasteiger partial charge in [0.25, 0.3) is 0 Å². The fraction of sp³-hybridized carbons (Fsp3) is 0.333. The van der Waals surface area contributed by atoms with Crippen molar-refractivity contribution in [2.75, 3.05) is 0 Å². The van der Waals surface area contributed by atoms with Crippen molar-refractivity contribution in [2.45, 2.75) is 65.5 Å². The van der Waals surface area contributed by atoms with E-state index in [1.807, 2.05) is 13.8 Å². The zero-order valence-electron chi connectivity index (χ0n) is 47.9. The highest BCUT2D eigenvalue weighted by atomic mass is 127. The summed E-state index contributed by atoms with van der Waals surface area (Å²) in [4.78, 5) is 50.9. The van der Waals surface area contributed by atoms with Gasteiger partial charge in [-0.25, -0.2) is 19.2 Å². The lowest BCUT2D eigenvalue weighted by Gasteiger charge is -2.05. The van der Waals surface area contributed by atoms with Gasteiger partial charge in [0, 0.05) is 97.4 Å². The van der Waals surface area contributed by atoms with Crippen LogP contribution in [0.25, 0.3) is 23.3 Å². The van der Waals surface area contributed by atoms with Crippen molar-refractivity contribution in [1.82, 2.24) is 137 Å². The number of hydrogen-bond acceptors (Lipinski definition) is 28. The molecule has 36 nitrogen and oxygen atoms in total. The summed E-state index contributed by atoms with van der Waals surface area (Å²) in [5.41, 5.74) is 1.59. The van der Waals surface area contributed by atoms with E-state index in [4.69, 9.17) is 24.6 Å². The van der Waals surface area contributed by atoms with Gasteiger partial charge in [0.05, 0.1) is 19.6 Å². The molecule has 0 atom stereocenters. The largest absolute Gasteiger partial charge is 0.472 e. The predicted molar refractivity (Wildman–Crippen MR) is 300 cm³/mol. The first-order chi connectivity index (χ1) is 41.8. The summed E-state index contributed by atoms with van der Waals surface area (Å²) in [6.07, 6.45) is 8.87. The quantitative estimate of drug-likeness (QED) is 0.0878. The maximum atomic E-state index is 12.1. The first-order valence-corrected chi connectivity index (χ1v) is 28.3. The van der Waals surface area contributed by atoms with Crippen LogP contribution in [0.15, 0.2) is 68.2 Å². The van der Waals surface area contributed by atoms with E-state index < -0.39 is 0 Å². The molecule has 0 bridgehead atoms. The van der Waals surface area contributed by atoms with E-state index in [-0.39, 0.29) is 49.2 Å². The van der Waals surface area contributed by atoms with Gasteiger partial charge < -0.3 is 18.9 Å². The Labute approximate surface area is 499 Å². The molecule has 432 valence electrons. The second-order valence-corrected chi connectivity index (χ2v) is 22.2. The summed E-state index contributed by atoms with van der Waals surface area (Å²) >= 11 is 7.28. The van der Waals surface area contributed by atoms with Crippen LogP contribution < -0.4 is 41.7 Å². The lowest BCUT2D eigenvalue weighted by molar-refractivity contribution is 0.292. The molecule has 12 heterocycles. The van der Waals surface area contributed by atoms with Crippen molar-refractivity contribution >= 4 is 68.7 Å². The highest BCUT2D eigenvalue weighted by molar-refractivity contribution is 14.1. The number of aromatic nitrogens is 28. The van der Waals surface area contributed by atoms with Gasteiger partial charge in [0.15, 0.2) is 28.9 Å². The molecule has 0 spiro atoms. The highest BCUT2D eigenvalue weighted by Crippen LogP contribution is 2.45. The van der Waals surface area contributed by atoms with Crippen LogP contribution >= 0.6 is 68.7 Å². The molecule has 1 aliphatic carbocycles. The number of tetrazole rings is 4. The fourth-order valence-electron chi connectivity index (χ4n) is 7.05. The molecule has 1 saturated carbocycles. The molecule has 12 aromatic heterocycles. The molecule has 0 aromatic carbocycles. The zero-order valence-corrected chi connectivity index (χ0v) is 49.4. The van der Waals surface area contributed by atoms with Gasteiger partial charge in [-0.15, -0.1) is 39.1 Å². The second kappa shape index (κ2) is 25.7. The molecule has 4 N–H and O–H groups in total. The van der Waals surface area contributed by atoms with E-state index >= 15 is 0 Å². The van der Waals surface area contributed by atoms with E-state index in [9.17, 15) is 19.2 Å². The van der Waals surface area contributed by atoms with Crippen LogP contribution in [0.1, 0.15) is 62.6 Å². The Morgan fingerprint density at radius 3 is 1.24 bits per heavy atom. The third-order valence-electron chi connectivity index (χ3n) is 11.5. The summed E-state index contributed by atoms with van der Waals surface area (Å²) in [6.45, 7) is 4.64. The van der Waals surface area contributed by atoms with Gasteiger partial charge in [-0.2, -0.15) is 36.2 Å². The lowest BCUT2D eigenvalue weighted by atomic mass is 10.2. The maximum Gasteiger partial charge on any atom is 0.369 e. The Balaban J connectivity index is 0.000000129. The third kappa shape index (κ3) is 12.9. The van der Waals surface area contributed by atoms with Gasteiger partial charge >= 0.3 is 22.8 Å². The summed E-state index contributed by atoms with van der Waals surface area (Å²) in [6, 6.07) is 6.36. The molecule has 12 aromatic rings. The maximum absolute atomic E-state index is 12.1. The average Bonchev–Trinajstić information content (AvgIpc) is 2.34. The van der Waals surface area contributed by atoms with Crippen LogP contribution in [0.5, 0.6) is 23.5 Å². The number of hydrogen-bond donors (Lipinski definition) is 4. The number of aryl methyl sites for hydroxylation is 6.